The van der Waals surface area contributed by atoms with E-state index in [4.69, 9.17) is 4.84 Å². The van der Waals surface area contributed by atoms with Gasteiger partial charge in [0.25, 0.3) is 0 Å². The molecule has 0 aliphatic heterocycles. The van der Waals surface area contributed by atoms with Gasteiger partial charge in [-0.05, 0) is 31.4 Å². The molecule has 2 heteroatoms. The smallest absolute Gasteiger partial charge is 0.0748 e. The van der Waals surface area contributed by atoms with E-state index in [2.05, 4.69) is 20.1 Å². The van der Waals surface area contributed by atoms with Crippen molar-refractivity contribution in [2.45, 2.75) is 46.5 Å². The first-order chi connectivity index (χ1) is 8.04. The maximum absolute atomic E-state index is 5.63. The number of likely N-dealkylation sites (N-methyl/N-ethyl adjacent to an activating group) is 1. The monoisotopic (exact) mass is 237 g/mol. The van der Waals surface area contributed by atoms with Gasteiger partial charge in [0.1, 0.15) is 0 Å². The molecule has 0 aromatic heterocycles. The Morgan fingerprint density at radius 3 is 2.41 bits per heavy atom. The molecule has 0 spiro atoms. The van der Waals surface area contributed by atoms with Crippen molar-refractivity contribution in [1.29, 1.82) is 0 Å². The van der Waals surface area contributed by atoms with Gasteiger partial charge in [-0.15, -0.1) is 0 Å². The lowest BCUT2D eigenvalue weighted by molar-refractivity contribution is -0.110. The zero-order chi connectivity index (χ0) is 13.3. The van der Waals surface area contributed by atoms with Crippen molar-refractivity contribution in [2.75, 3.05) is 13.7 Å². The predicted molar refractivity (Wildman–Crippen MR) is 75.6 cm³/mol. The Bertz CT molecular complexity index is 279. The second-order valence-corrected chi connectivity index (χ2v) is 4.35. The maximum atomic E-state index is 5.63. The van der Waals surface area contributed by atoms with Crippen molar-refractivity contribution in [2.24, 2.45) is 0 Å². The van der Waals surface area contributed by atoms with E-state index in [9.17, 15) is 0 Å². The SMILES string of the molecule is C=C/C(C)=C(/C)C(=C)N(C)OCCCCCC. The molecule has 0 rings (SSSR count). The Morgan fingerprint density at radius 1 is 1.24 bits per heavy atom. The third-order valence-corrected chi connectivity index (χ3v) is 2.99. The third kappa shape index (κ3) is 6.32. The van der Waals surface area contributed by atoms with Crippen LogP contribution in [-0.4, -0.2) is 18.7 Å². The van der Waals surface area contributed by atoms with Crippen molar-refractivity contribution in [3.8, 4) is 0 Å². The van der Waals surface area contributed by atoms with Crippen LogP contribution >= 0.6 is 0 Å². The molecule has 0 heterocycles. The molecule has 98 valence electrons. The number of unbranched alkanes of at least 4 members (excludes halogenated alkanes) is 3. The van der Waals surface area contributed by atoms with Gasteiger partial charge in [-0.1, -0.05) is 45.4 Å². The number of hydroxylamine groups is 2. The predicted octanol–water partition coefficient (Wildman–Crippen LogP) is 4.47. The Labute approximate surface area is 107 Å². The number of hydrogen-bond acceptors (Lipinski definition) is 2. The topological polar surface area (TPSA) is 12.5 Å². The standard InChI is InChI=1S/C15H27NO/c1-7-9-10-11-12-17-16(6)15(5)14(4)13(3)8-2/h8H,2,5,7,9-12H2,1,3-4,6H3/b14-13-. The summed E-state index contributed by atoms with van der Waals surface area (Å²) in [5.74, 6) is 0. The van der Waals surface area contributed by atoms with E-state index in [0.717, 1.165) is 29.9 Å². The first-order valence-electron chi connectivity index (χ1n) is 6.40. The molecule has 17 heavy (non-hydrogen) atoms. The Hall–Kier alpha value is -1.02. The molecule has 0 aromatic rings. The lowest BCUT2D eigenvalue weighted by Crippen LogP contribution is -2.19. The minimum Gasteiger partial charge on any atom is -0.274 e. The van der Waals surface area contributed by atoms with Crippen LogP contribution in [0.4, 0.5) is 0 Å². The minimum atomic E-state index is 0.760. The van der Waals surface area contributed by atoms with Crippen molar-refractivity contribution >= 4 is 0 Å². The largest absolute Gasteiger partial charge is 0.274 e. The van der Waals surface area contributed by atoms with Gasteiger partial charge in [-0.25, -0.2) is 0 Å². The molecule has 0 aromatic carbocycles. The first kappa shape index (κ1) is 16.0. The fraction of sp³-hybridized carbons (Fsp3) is 0.600. The van der Waals surface area contributed by atoms with Gasteiger partial charge in [-0.2, -0.15) is 0 Å². The normalized spacial score (nSPS) is 12.0. The molecule has 0 saturated carbocycles. The summed E-state index contributed by atoms with van der Waals surface area (Å²) in [6.45, 7) is 14.8. The fourth-order valence-corrected chi connectivity index (χ4v) is 1.43. The van der Waals surface area contributed by atoms with E-state index in [1.807, 2.05) is 27.0 Å². The average Bonchev–Trinajstić information content (AvgIpc) is 2.35. The molecule has 0 radical (unpaired) electrons. The summed E-state index contributed by atoms with van der Waals surface area (Å²) in [6, 6.07) is 0. The summed E-state index contributed by atoms with van der Waals surface area (Å²) in [5.41, 5.74) is 3.16. The lowest BCUT2D eigenvalue weighted by atomic mass is 10.1. The molecular formula is C15H27NO. The van der Waals surface area contributed by atoms with E-state index in [1.165, 1.54) is 19.3 Å². The molecule has 0 atom stereocenters. The molecule has 2 nitrogen and oxygen atoms in total. The molecule has 0 aliphatic carbocycles. The highest BCUT2D eigenvalue weighted by Crippen LogP contribution is 2.16. The van der Waals surface area contributed by atoms with Crippen LogP contribution in [0.3, 0.4) is 0 Å². The van der Waals surface area contributed by atoms with Crippen LogP contribution < -0.4 is 0 Å². The summed E-state index contributed by atoms with van der Waals surface area (Å²) >= 11 is 0. The number of nitrogens with zero attached hydrogens (tertiary/aromatic N) is 1. The molecule has 0 bridgehead atoms. The Balaban J connectivity index is 4.02. The zero-order valence-corrected chi connectivity index (χ0v) is 11.9. The second kappa shape index (κ2) is 9.06. The van der Waals surface area contributed by atoms with Crippen molar-refractivity contribution in [3.05, 3.63) is 36.1 Å². The molecule has 0 saturated heterocycles. The molecule has 0 aliphatic rings. The molecule has 0 fully saturated rings. The quantitative estimate of drug-likeness (QED) is 0.333. The van der Waals surface area contributed by atoms with Gasteiger partial charge in [0.2, 0.25) is 0 Å². The summed E-state index contributed by atoms with van der Waals surface area (Å²) in [4.78, 5) is 5.63. The van der Waals surface area contributed by atoms with E-state index < -0.39 is 0 Å². The fourth-order valence-electron chi connectivity index (χ4n) is 1.43. The van der Waals surface area contributed by atoms with Crippen LogP contribution in [0.2, 0.25) is 0 Å². The molecule has 0 amide bonds. The number of allylic oxidation sites excluding steroid dienone is 3. The summed E-state index contributed by atoms with van der Waals surface area (Å²) in [5, 5.41) is 1.76. The highest BCUT2D eigenvalue weighted by atomic mass is 16.7. The van der Waals surface area contributed by atoms with Gasteiger partial charge >= 0.3 is 0 Å². The van der Waals surface area contributed by atoms with Crippen LogP contribution in [-0.2, 0) is 4.84 Å². The Kier molecular flexibility index (Phi) is 8.51. The van der Waals surface area contributed by atoms with Gasteiger partial charge in [0.15, 0.2) is 0 Å². The van der Waals surface area contributed by atoms with E-state index >= 15 is 0 Å². The van der Waals surface area contributed by atoms with E-state index in [0.29, 0.717) is 0 Å². The number of rotatable bonds is 9. The Morgan fingerprint density at radius 2 is 1.88 bits per heavy atom. The van der Waals surface area contributed by atoms with Gasteiger partial charge in [-0.3, -0.25) is 9.90 Å². The third-order valence-electron chi connectivity index (χ3n) is 2.99. The maximum Gasteiger partial charge on any atom is 0.0748 e. The average molecular weight is 237 g/mol. The molecule has 0 unspecified atom stereocenters. The van der Waals surface area contributed by atoms with E-state index in [-0.39, 0.29) is 0 Å². The van der Waals surface area contributed by atoms with Crippen LogP contribution in [0.25, 0.3) is 0 Å². The summed E-state index contributed by atoms with van der Waals surface area (Å²) in [6.07, 6.45) is 6.72. The minimum absolute atomic E-state index is 0.760. The number of hydrogen-bond donors (Lipinski definition) is 0. The zero-order valence-electron chi connectivity index (χ0n) is 11.9. The van der Waals surface area contributed by atoms with Crippen LogP contribution in [0, 0.1) is 0 Å². The molecule has 0 N–H and O–H groups in total. The highest BCUT2D eigenvalue weighted by Gasteiger charge is 2.06. The molecular weight excluding hydrogens is 210 g/mol. The van der Waals surface area contributed by atoms with Gasteiger partial charge in [0, 0.05) is 7.05 Å². The van der Waals surface area contributed by atoms with Crippen LogP contribution in [0.5, 0.6) is 0 Å². The second-order valence-electron chi connectivity index (χ2n) is 4.35. The van der Waals surface area contributed by atoms with Crippen LogP contribution in [0.15, 0.2) is 36.1 Å². The summed E-state index contributed by atoms with van der Waals surface area (Å²) < 4.78 is 0. The van der Waals surface area contributed by atoms with Crippen molar-refractivity contribution < 1.29 is 4.84 Å². The first-order valence-corrected chi connectivity index (χ1v) is 6.40. The van der Waals surface area contributed by atoms with Gasteiger partial charge < -0.3 is 0 Å². The van der Waals surface area contributed by atoms with Crippen molar-refractivity contribution in [1.82, 2.24) is 5.06 Å². The van der Waals surface area contributed by atoms with E-state index in [1.54, 1.807) is 5.06 Å². The van der Waals surface area contributed by atoms with Gasteiger partial charge in [0.05, 0.1) is 12.3 Å². The summed E-state index contributed by atoms with van der Waals surface area (Å²) in [7, 11) is 1.90. The van der Waals surface area contributed by atoms with Crippen LogP contribution in [0.1, 0.15) is 46.5 Å². The lowest BCUT2D eigenvalue weighted by Gasteiger charge is -2.22. The highest BCUT2D eigenvalue weighted by molar-refractivity contribution is 5.33. The van der Waals surface area contributed by atoms with Crippen molar-refractivity contribution in [3.63, 3.8) is 0 Å².